The largest absolute Gasteiger partial charge is 0.339 e. The van der Waals surface area contributed by atoms with Crippen molar-refractivity contribution in [1.82, 2.24) is 20.4 Å². The Morgan fingerprint density at radius 3 is 3.11 bits per heavy atom. The summed E-state index contributed by atoms with van der Waals surface area (Å²) in [5.74, 6) is 2.39. The maximum atomic E-state index is 5.37. The van der Waals surface area contributed by atoms with E-state index in [1.807, 2.05) is 18.3 Å². The van der Waals surface area contributed by atoms with E-state index in [-0.39, 0.29) is 0 Å². The normalized spacial score (nSPS) is 23.4. The van der Waals surface area contributed by atoms with Crippen LogP contribution in [0.25, 0.3) is 0 Å². The molecule has 0 radical (unpaired) electrons. The molecule has 94 valence electrons. The van der Waals surface area contributed by atoms with Gasteiger partial charge in [0, 0.05) is 25.4 Å². The first-order valence-corrected chi connectivity index (χ1v) is 6.25. The molecule has 0 bridgehead atoms. The highest BCUT2D eigenvalue weighted by atomic mass is 16.5. The number of nitrogens with one attached hydrogen (secondary N) is 1. The van der Waals surface area contributed by atoms with Gasteiger partial charge in [-0.3, -0.25) is 4.98 Å². The Hall–Kier alpha value is -1.75. The molecule has 0 amide bonds. The zero-order valence-electron chi connectivity index (χ0n) is 10.3. The molecule has 0 aromatic carbocycles. The monoisotopic (exact) mass is 244 g/mol. The van der Waals surface area contributed by atoms with Crippen molar-refractivity contribution in [1.29, 1.82) is 0 Å². The highest BCUT2D eigenvalue weighted by Crippen LogP contribution is 2.26. The molecule has 5 heteroatoms. The second-order valence-corrected chi connectivity index (χ2v) is 4.83. The van der Waals surface area contributed by atoms with Crippen LogP contribution < -0.4 is 5.32 Å². The Morgan fingerprint density at radius 1 is 1.44 bits per heavy atom. The van der Waals surface area contributed by atoms with Crippen LogP contribution in [0.5, 0.6) is 0 Å². The first-order valence-electron chi connectivity index (χ1n) is 6.25. The first-order chi connectivity index (χ1) is 8.83. The van der Waals surface area contributed by atoms with Crippen LogP contribution in [0.4, 0.5) is 0 Å². The molecule has 3 heterocycles. The lowest BCUT2D eigenvalue weighted by Crippen LogP contribution is -2.08. The topological polar surface area (TPSA) is 63.8 Å². The van der Waals surface area contributed by atoms with Crippen molar-refractivity contribution < 1.29 is 4.52 Å². The Morgan fingerprint density at radius 2 is 2.39 bits per heavy atom. The average molecular weight is 244 g/mol. The zero-order chi connectivity index (χ0) is 12.4. The van der Waals surface area contributed by atoms with Gasteiger partial charge in [-0.2, -0.15) is 4.98 Å². The molecule has 18 heavy (non-hydrogen) atoms. The number of aromatic nitrogens is 3. The van der Waals surface area contributed by atoms with E-state index in [9.17, 15) is 0 Å². The number of rotatable bonds is 3. The van der Waals surface area contributed by atoms with Gasteiger partial charge in [0.1, 0.15) is 0 Å². The lowest BCUT2D eigenvalue weighted by atomic mass is 9.98. The summed E-state index contributed by atoms with van der Waals surface area (Å²) in [5, 5.41) is 7.39. The van der Waals surface area contributed by atoms with E-state index in [1.165, 1.54) is 0 Å². The van der Waals surface area contributed by atoms with Crippen molar-refractivity contribution in [3.05, 3.63) is 41.8 Å². The SMILES string of the molecule is CC1CNCC1c1nc(Cc2cccnc2)no1. The van der Waals surface area contributed by atoms with Gasteiger partial charge in [-0.1, -0.05) is 18.1 Å². The van der Waals surface area contributed by atoms with Crippen molar-refractivity contribution in [2.24, 2.45) is 5.92 Å². The minimum absolute atomic E-state index is 0.347. The molecule has 2 unspecified atom stereocenters. The number of hydrogen-bond donors (Lipinski definition) is 1. The van der Waals surface area contributed by atoms with E-state index >= 15 is 0 Å². The van der Waals surface area contributed by atoms with Crippen LogP contribution in [0.2, 0.25) is 0 Å². The predicted octanol–water partition coefficient (Wildman–Crippen LogP) is 1.38. The Kier molecular flexibility index (Phi) is 3.06. The summed E-state index contributed by atoms with van der Waals surface area (Å²) in [6.45, 7) is 4.15. The van der Waals surface area contributed by atoms with E-state index < -0.39 is 0 Å². The third kappa shape index (κ3) is 2.26. The van der Waals surface area contributed by atoms with Gasteiger partial charge in [0.15, 0.2) is 5.82 Å². The van der Waals surface area contributed by atoms with Crippen LogP contribution in [0.1, 0.15) is 30.1 Å². The molecule has 0 aliphatic carbocycles. The zero-order valence-corrected chi connectivity index (χ0v) is 10.3. The molecule has 0 saturated carbocycles. The standard InChI is InChI=1S/C13H16N4O/c1-9-6-15-8-11(9)13-16-12(17-18-13)5-10-3-2-4-14-7-10/h2-4,7,9,11,15H,5-6,8H2,1H3. The molecule has 5 nitrogen and oxygen atoms in total. The highest BCUT2D eigenvalue weighted by Gasteiger charge is 2.29. The summed E-state index contributed by atoms with van der Waals surface area (Å²) in [6.07, 6.45) is 4.26. The summed E-state index contributed by atoms with van der Waals surface area (Å²) < 4.78 is 5.37. The summed E-state index contributed by atoms with van der Waals surface area (Å²) in [4.78, 5) is 8.57. The summed E-state index contributed by atoms with van der Waals surface area (Å²) in [5.41, 5.74) is 1.10. The quantitative estimate of drug-likeness (QED) is 0.883. The molecule has 1 N–H and O–H groups in total. The van der Waals surface area contributed by atoms with Gasteiger partial charge in [-0.05, 0) is 24.1 Å². The minimum atomic E-state index is 0.347. The van der Waals surface area contributed by atoms with Gasteiger partial charge in [-0.15, -0.1) is 0 Å². The first kappa shape index (κ1) is 11.3. The van der Waals surface area contributed by atoms with Gasteiger partial charge < -0.3 is 9.84 Å². The number of pyridine rings is 1. The van der Waals surface area contributed by atoms with Crippen molar-refractivity contribution >= 4 is 0 Å². The molecule has 1 saturated heterocycles. The molecule has 3 rings (SSSR count). The van der Waals surface area contributed by atoms with E-state index in [2.05, 4.69) is 27.4 Å². The third-order valence-corrected chi connectivity index (χ3v) is 3.40. The fraction of sp³-hybridized carbons (Fsp3) is 0.462. The maximum absolute atomic E-state index is 5.37. The van der Waals surface area contributed by atoms with Gasteiger partial charge in [0.05, 0.1) is 5.92 Å². The van der Waals surface area contributed by atoms with Gasteiger partial charge in [0.2, 0.25) is 5.89 Å². The Labute approximate surface area is 106 Å². The lowest BCUT2D eigenvalue weighted by molar-refractivity contribution is 0.337. The third-order valence-electron chi connectivity index (χ3n) is 3.40. The second kappa shape index (κ2) is 4.86. The van der Waals surface area contributed by atoms with E-state index in [0.29, 0.717) is 18.3 Å². The van der Waals surface area contributed by atoms with E-state index in [1.54, 1.807) is 6.20 Å². The molecule has 2 atom stereocenters. The van der Waals surface area contributed by atoms with Gasteiger partial charge in [-0.25, -0.2) is 0 Å². The van der Waals surface area contributed by atoms with E-state index in [0.717, 1.165) is 30.4 Å². The summed E-state index contributed by atoms with van der Waals surface area (Å²) >= 11 is 0. The summed E-state index contributed by atoms with van der Waals surface area (Å²) in [6, 6.07) is 3.93. The van der Waals surface area contributed by atoms with Crippen LogP contribution in [0.15, 0.2) is 29.0 Å². The van der Waals surface area contributed by atoms with E-state index in [4.69, 9.17) is 4.52 Å². The maximum Gasteiger partial charge on any atom is 0.231 e. The molecule has 1 aliphatic rings. The Bertz CT molecular complexity index is 511. The fourth-order valence-corrected chi connectivity index (χ4v) is 2.32. The molecular formula is C13H16N4O. The Balaban J connectivity index is 1.74. The van der Waals surface area contributed by atoms with Crippen LogP contribution in [0, 0.1) is 5.92 Å². The van der Waals surface area contributed by atoms with Crippen molar-refractivity contribution in [3.63, 3.8) is 0 Å². The second-order valence-electron chi connectivity index (χ2n) is 4.83. The fourth-order valence-electron chi connectivity index (χ4n) is 2.32. The molecule has 2 aromatic rings. The average Bonchev–Trinajstić information content (AvgIpc) is 2.99. The predicted molar refractivity (Wildman–Crippen MR) is 66.1 cm³/mol. The van der Waals surface area contributed by atoms with Crippen LogP contribution in [0.3, 0.4) is 0 Å². The van der Waals surface area contributed by atoms with Crippen molar-refractivity contribution in [2.75, 3.05) is 13.1 Å². The lowest BCUT2D eigenvalue weighted by Gasteiger charge is -2.07. The van der Waals surface area contributed by atoms with Crippen molar-refractivity contribution in [3.8, 4) is 0 Å². The van der Waals surface area contributed by atoms with Gasteiger partial charge >= 0.3 is 0 Å². The van der Waals surface area contributed by atoms with Crippen LogP contribution in [-0.2, 0) is 6.42 Å². The van der Waals surface area contributed by atoms with Crippen molar-refractivity contribution in [2.45, 2.75) is 19.3 Å². The van der Waals surface area contributed by atoms with Crippen LogP contribution >= 0.6 is 0 Å². The summed E-state index contributed by atoms with van der Waals surface area (Å²) in [7, 11) is 0. The smallest absolute Gasteiger partial charge is 0.231 e. The molecule has 1 aliphatic heterocycles. The molecule has 0 spiro atoms. The number of nitrogens with zero attached hydrogens (tertiary/aromatic N) is 3. The molecule has 1 fully saturated rings. The highest BCUT2D eigenvalue weighted by molar-refractivity contribution is 5.14. The minimum Gasteiger partial charge on any atom is -0.339 e. The van der Waals surface area contributed by atoms with Gasteiger partial charge in [0.25, 0.3) is 0 Å². The number of hydrogen-bond acceptors (Lipinski definition) is 5. The van der Waals surface area contributed by atoms with Crippen LogP contribution in [-0.4, -0.2) is 28.2 Å². The molecule has 2 aromatic heterocycles. The molecular weight excluding hydrogens is 228 g/mol.